The Morgan fingerprint density at radius 3 is 2.69 bits per heavy atom. The molecule has 2 heterocycles. The van der Waals surface area contributed by atoms with Crippen LogP contribution in [0.3, 0.4) is 0 Å². The van der Waals surface area contributed by atoms with Crippen LogP contribution in [0.25, 0.3) is 0 Å². The van der Waals surface area contributed by atoms with E-state index in [0.29, 0.717) is 0 Å². The Bertz CT molecular complexity index is 928. The molecule has 0 N–H and O–H groups in total. The van der Waals surface area contributed by atoms with Crippen molar-refractivity contribution in [3.05, 3.63) is 66.5 Å². The smallest absolute Gasteiger partial charge is 0.142 e. The molecule has 0 spiro atoms. The number of rotatable bonds is 6. The minimum atomic E-state index is -0.0288. The van der Waals surface area contributed by atoms with E-state index in [1.807, 2.05) is 29.1 Å². The predicted octanol–water partition coefficient (Wildman–Crippen LogP) is 3.92. The van der Waals surface area contributed by atoms with Crippen molar-refractivity contribution in [2.45, 2.75) is 31.2 Å². The van der Waals surface area contributed by atoms with Crippen molar-refractivity contribution < 1.29 is 9.47 Å². The summed E-state index contributed by atoms with van der Waals surface area (Å²) in [5.74, 6) is 1.82. The van der Waals surface area contributed by atoms with Crippen LogP contribution in [-0.2, 0) is 12.0 Å². The van der Waals surface area contributed by atoms with Crippen LogP contribution in [0, 0.1) is 0 Å². The fourth-order valence-electron chi connectivity index (χ4n) is 4.44. The first-order chi connectivity index (χ1) is 14.2. The van der Waals surface area contributed by atoms with Crippen molar-refractivity contribution in [2.75, 3.05) is 32.2 Å². The zero-order valence-electron chi connectivity index (χ0n) is 17.1. The molecule has 1 aliphatic heterocycles. The van der Waals surface area contributed by atoms with Gasteiger partial charge in [-0.25, -0.2) is 0 Å². The lowest BCUT2D eigenvalue weighted by Gasteiger charge is -2.34. The highest BCUT2D eigenvalue weighted by Gasteiger charge is 2.36. The highest BCUT2D eigenvalue weighted by Crippen LogP contribution is 2.40. The first-order valence-electron chi connectivity index (χ1n) is 10.1. The molecule has 2 aromatic carbocycles. The van der Waals surface area contributed by atoms with Gasteiger partial charge >= 0.3 is 0 Å². The topological polar surface area (TPSA) is 52.4 Å². The molecule has 0 bridgehead atoms. The van der Waals surface area contributed by atoms with E-state index in [1.54, 1.807) is 20.4 Å². The van der Waals surface area contributed by atoms with Gasteiger partial charge in [0, 0.05) is 24.7 Å². The van der Waals surface area contributed by atoms with Crippen LogP contribution in [0.15, 0.2) is 60.9 Å². The zero-order valence-corrected chi connectivity index (χ0v) is 17.1. The summed E-state index contributed by atoms with van der Waals surface area (Å²) in [7, 11) is 3.46. The van der Waals surface area contributed by atoms with Gasteiger partial charge in [-0.3, -0.25) is 4.68 Å². The van der Waals surface area contributed by atoms with E-state index in [-0.39, 0.29) is 5.41 Å². The summed E-state index contributed by atoms with van der Waals surface area (Å²) < 4.78 is 13.1. The molecule has 4 rings (SSSR count). The maximum absolute atomic E-state index is 5.61. The van der Waals surface area contributed by atoms with E-state index < -0.39 is 0 Å². The van der Waals surface area contributed by atoms with Crippen molar-refractivity contribution in [3.8, 4) is 11.5 Å². The highest BCUT2D eigenvalue weighted by molar-refractivity contribution is 5.58. The van der Waals surface area contributed by atoms with Gasteiger partial charge < -0.3 is 14.4 Å². The third-order valence-electron chi connectivity index (χ3n) is 5.99. The lowest BCUT2D eigenvalue weighted by molar-refractivity contribution is 0.306. The molecule has 1 saturated heterocycles. The third-order valence-corrected chi connectivity index (χ3v) is 5.99. The van der Waals surface area contributed by atoms with Crippen molar-refractivity contribution in [1.29, 1.82) is 0 Å². The number of hydrogen-bond acceptors (Lipinski definition) is 5. The molecule has 1 unspecified atom stereocenters. The second-order valence-electron chi connectivity index (χ2n) is 7.63. The summed E-state index contributed by atoms with van der Waals surface area (Å²) in [6.45, 7) is 2.76. The lowest BCUT2D eigenvalue weighted by Crippen LogP contribution is -2.34. The number of benzene rings is 2. The highest BCUT2D eigenvalue weighted by atomic mass is 16.5. The van der Waals surface area contributed by atoms with E-state index >= 15 is 0 Å². The van der Waals surface area contributed by atoms with E-state index in [9.17, 15) is 0 Å². The Labute approximate surface area is 172 Å². The number of ether oxygens (including phenoxy) is 2. The van der Waals surface area contributed by atoms with Crippen LogP contribution in [0.2, 0.25) is 0 Å². The van der Waals surface area contributed by atoms with Crippen molar-refractivity contribution in [1.82, 2.24) is 15.0 Å². The molecule has 0 saturated carbocycles. The average molecular weight is 393 g/mol. The molecule has 1 aromatic heterocycles. The summed E-state index contributed by atoms with van der Waals surface area (Å²) in [5.41, 5.74) is 2.44. The standard InChI is InChI=1S/C23H28N4O2/c1-28-20-8-5-7-19(17-20)23(18-27-16-13-24-25-27)11-6-14-26(15-12-23)21-9-3-4-10-22(21)29-2/h3-5,7-10,13,16-17H,6,11-12,14-15,18H2,1-2H3. The van der Waals surface area contributed by atoms with E-state index in [4.69, 9.17) is 9.47 Å². The van der Waals surface area contributed by atoms with Gasteiger partial charge in [0.2, 0.25) is 0 Å². The molecule has 0 amide bonds. The van der Waals surface area contributed by atoms with Crippen LogP contribution in [0.4, 0.5) is 5.69 Å². The molecule has 0 aliphatic carbocycles. The van der Waals surface area contributed by atoms with Crippen LogP contribution in [-0.4, -0.2) is 42.3 Å². The number of aromatic nitrogens is 3. The zero-order chi connectivity index (χ0) is 20.1. The van der Waals surface area contributed by atoms with Gasteiger partial charge in [-0.1, -0.05) is 29.5 Å². The molecule has 0 radical (unpaired) electrons. The summed E-state index contributed by atoms with van der Waals surface area (Å²) >= 11 is 0. The molecular weight excluding hydrogens is 364 g/mol. The minimum Gasteiger partial charge on any atom is -0.497 e. The van der Waals surface area contributed by atoms with Crippen LogP contribution < -0.4 is 14.4 Å². The number of nitrogens with zero attached hydrogens (tertiary/aromatic N) is 4. The van der Waals surface area contributed by atoms with Gasteiger partial charge in [-0.15, -0.1) is 5.10 Å². The van der Waals surface area contributed by atoms with Gasteiger partial charge in [0.05, 0.1) is 32.6 Å². The van der Waals surface area contributed by atoms with Gasteiger partial charge in [0.25, 0.3) is 0 Å². The average Bonchev–Trinajstić information content (AvgIpc) is 3.19. The summed E-state index contributed by atoms with van der Waals surface area (Å²) in [5, 5.41) is 8.28. The molecule has 1 atom stereocenters. The number of methoxy groups -OCH3 is 2. The first kappa shape index (κ1) is 19.3. The van der Waals surface area contributed by atoms with Crippen molar-refractivity contribution in [3.63, 3.8) is 0 Å². The largest absolute Gasteiger partial charge is 0.497 e. The van der Waals surface area contributed by atoms with Crippen LogP contribution >= 0.6 is 0 Å². The van der Waals surface area contributed by atoms with Crippen molar-refractivity contribution >= 4 is 5.69 Å². The Balaban J connectivity index is 1.66. The molecule has 1 aliphatic rings. The van der Waals surface area contributed by atoms with Gasteiger partial charge in [0.15, 0.2) is 0 Å². The lowest BCUT2D eigenvalue weighted by atomic mass is 9.74. The van der Waals surface area contributed by atoms with E-state index in [2.05, 4.69) is 45.5 Å². The SMILES string of the molecule is COc1cccc(C2(Cn3ccnn3)CCCN(c3ccccc3OC)CC2)c1. The molecule has 6 nitrogen and oxygen atoms in total. The molecule has 1 fully saturated rings. The summed E-state index contributed by atoms with van der Waals surface area (Å²) in [6.07, 6.45) is 6.87. The molecule has 152 valence electrons. The van der Waals surface area contributed by atoms with Gasteiger partial charge in [0.1, 0.15) is 11.5 Å². The fourth-order valence-corrected chi connectivity index (χ4v) is 4.44. The van der Waals surface area contributed by atoms with Crippen molar-refractivity contribution in [2.24, 2.45) is 0 Å². The molecule has 29 heavy (non-hydrogen) atoms. The van der Waals surface area contributed by atoms with E-state index in [0.717, 1.165) is 56.1 Å². The Hall–Kier alpha value is -3.02. The normalized spacial score (nSPS) is 19.6. The van der Waals surface area contributed by atoms with Crippen LogP contribution in [0.5, 0.6) is 11.5 Å². The number of para-hydroxylation sites is 2. The molecule has 6 heteroatoms. The second kappa shape index (κ2) is 8.55. The fraction of sp³-hybridized carbons (Fsp3) is 0.391. The predicted molar refractivity (Wildman–Crippen MR) is 114 cm³/mol. The Kier molecular flexibility index (Phi) is 5.69. The minimum absolute atomic E-state index is 0.0288. The first-order valence-corrected chi connectivity index (χ1v) is 10.1. The third kappa shape index (κ3) is 4.06. The molecular formula is C23H28N4O2. The summed E-state index contributed by atoms with van der Waals surface area (Å²) in [4.78, 5) is 2.45. The Morgan fingerprint density at radius 1 is 1.00 bits per heavy atom. The summed E-state index contributed by atoms with van der Waals surface area (Å²) in [6, 6.07) is 16.8. The monoisotopic (exact) mass is 392 g/mol. The quantitative estimate of drug-likeness (QED) is 0.636. The maximum Gasteiger partial charge on any atom is 0.142 e. The second-order valence-corrected chi connectivity index (χ2v) is 7.63. The van der Waals surface area contributed by atoms with E-state index in [1.165, 1.54) is 5.56 Å². The molecule has 3 aromatic rings. The van der Waals surface area contributed by atoms with Gasteiger partial charge in [-0.05, 0) is 49.1 Å². The maximum atomic E-state index is 5.61. The Morgan fingerprint density at radius 2 is 1.90 bits per heavy atom. The number of hydrogen-bond donors (Lipinski definition) is 0. The van der Waals surface area contributed by atoms with Crippen LogP contribution in [0.1, 0.15) is 24.8 Å². The number of anilines is 1. The van der Waals surface area contributed by atoms with Gasteiger partial charge in [-0.2, -0.15) is 0 Å².